The minimum atomic E-state index is -0.578. The van der Waals surface area contributed by atoms with Gasteiger partial charge < -0.3 is 4.90 Å². The highest BCUT2D eigenvalue weighted by atomic mass is 35.5. The summed E-state index contributed by atoms with van der Waals surface area (Å²) in [5.74, 6) is -0.352. The topological polar surface area (TPSA) is 69.7 Å². The van der Waals surface area contributed by atoms with Gasteiger partial charge in [-0.2, -0.15) is 0 Å². The fourth-order valence-corrected chi connectivity index (χ4v) is 5.70. The molecular weight excluding hydrogens is 461 g/mol. The fraction of sp³-hybridized carbons (Fsp3) is 0.400. The highest BCUT2D eigenvalue weighted by Gasteiger charge is 2.39. The zero-order valence-corrected chi connectivity index (χ0v) is 19.7. The van der Waals surface area contributed by atoms with E-state index in [9.17, 15) is 14.4 Å². The van der Waals surface area contributed by atoms with Crippen molar-refractivity contribution in [3.8, 4) is 0 Å². The maximum absolute atomic E-state index is 12.9. The van der Waals surface area contributed by atoms with E-state index < -0.39 is 6.04 Å². The van der Waals surface area contributed by atoms with Gasteiger partial charge in [-0.15, -0.1) is 0 Å². The molecule has 1 unspecified atom stereocenters. The number of amides is 3. The largest absolute Gasteiger partial charge is 0.322 e. The molecule has 3 heterocycles. The first-order chi connectivity index (χ1) is 15.9. The van der Waals surface area contributed by atoms with Gasteiger partial charge in [0.2, 0.25) is 11.8 Å². The summed E-state index contributed by atoms with van der Waals surface area (Å²) >= 11 is 12.7. The molecule has 8 heteroatoms. The van der Waals surface area contributed by atoms with Crippen molar-refractivity contribution in [1.29, 1.82) is 0 Å². The predicted octanol–water partition coefficient (Wildman–Crippen LogP) is 4.13. The van der Waals surface area contributed by atoms with Gasteiger partial charge in [-0.25, -0.2) is 0 Å². The van der Waals surface area contributed by atoms with E-state index in [1.165, 1.54) is 5.56 Å². The number of nitrogens with zero attached hydrogens (tertiary/aromatic N) is 2. The van der Waals surface area contributed by atoms with Crippen LogP contribution in [-0.2, 0) is 22.7 Å². The maximum Gasteiger partial charge on any atom is 0.255 e. The molecule has 2 saturated heterocycles. The number of piperidine rings is 2. The van der Waals surface area contributed by atoms with Crippen LogP contribution in [0.25, 0.3) is 0 Å². The zero-order chi connectivity index (χ0) is 23.1. The third-order valence-electron chi connectivity index (χ3n) is 7.05. The van der Waals surface area contributed by atoms with E-state index in [-0.39, 0.29) is 24.1 Å². The van der Waals surface area contributed by atoms with Crippen LogP contribution in [0.4, 0.5) is 0 Å². The normalized spacial score (nSPS) is 21.9. The molecule has 2 fully saturated rings. The Morgan fingerprint density at radius 1 is 0.970 bits per heavy atom. The van der Waals surface area contributed by atoms with Crippen LogP contribution in [0.5, 0.6) is 0 Å². The molecule has 0 bridgehead atoms. The van der Waals surface area contributed by atoms with Crippen molar-refractivity contribution in [3.05, 3.63) is 68.7 Å². The number of rotatable bonds is 4. The average Bonchev–Trinajstić information content (AvgIpc) is 3.12. The van der Waals surface area contributed by atoms with Gasteiger partial charge in [0.25, 0.3) is 5.91 Å². The minimum Gasteiger partial charge on any atom is -0.322 e. The minimum absolute atomic E-state index is 0.127. The Hall–Kier alpha value is -2.41. The number of carbonyl (C=O) groups excluding carboxylic acids is 3. The van der Waals surface area contributed by atoms with Crippen molar-refractivity contribution in [2.24, 2.45) is 0 Å². The van der Waals surface area contributed by atoms with Crippen LogP contribution in [0.15, 0.2) is 36.4 Å². The van der Waals surface area contributed by atoms with Crippen LogP contribution in [0, 0.1) is 0 Å². The molecule has 0 aromatic heterocycles. The molecular formula is C25H25Cl2N3O3. The van der Waals surface area contributed by atoms with Crippen molar-refractivity contribution in [3.63, 3.8) is 0 Å². The SMILES string of the molecule is O=C1CCC(N2Cc3cc(C4CCN(Cc5c(Cl)cccc5Cl)CC4)ccc3C2=O)C(=O)N1. The number of likely N-dealkylation sites (tertiary alicyclic amines) is 1. The summed E-state index contributed by atoms with van der Waals surface area (Å²) in [6.45, 7) is 3.05. The van der Waals surface area contributed by atoms with Crippen molar-refractivity contribution in [1.82, 2.24) is 15.1 Å². The zero-order valence-electron chi connectivity index (χ0n) is 18.2. The van der Waals surface area contributed by atoms with Gasteiger partial charge >= 0.3 is 0 Å². The first kappa shape index (κ1) is 22.4. The second-order valence-corrected chi connectivity index (χ2v) is 9.88. The molecule has 172 valence electrons. The number of benzene rings is 2. The Balaban J connectivity index is 1.24. The van der Waals surface area contributed by atoms with Gasteiger partial charge in [0.15, 0.2) is 0 Å². The summed E-state index contributed by atoms with van der Waals surface area (Å²) in [6, 6.07) is 11.1. The van der Waals surface area contributed by atoms with Gasteiger partial charge in [-0.05, 0) is 67.6 Å². The summed E-state index contributed by atoms with van der Waals surface area (Å²) in [4.78, 5) is 40.6. The molecule has 0 spiro atoms. The Labute approximate surface area is 202 Å². The third-order valence-corrected chi connectivity index (χ3v) is 7.76. The van der Waals surface area contributed by atoms with Crippen LogP contribution >= 0.6 is 23.2 Å². The predicted molar refractivity (Wildman–Crippen MR) is 126 cm³/mol. The van der Waals surface area contributed by atoms with Crippen molar-refractivity contribution in [2.45, 2.75) is 50.7 Å². The van der Waals surface area contributed by atoms with Crippen LogP contribution in [-0.4, -0.2) is 46.7 Å². The maximum atomic E-state index is 12.9. The summed E-state index contributed by atoms with van der Waals surface area (Å²) in [5.41, 5.74) is 3.84. The Kier molecular flexibility index (Phi) is 6.16. The molecule has 1 atom stereocenters. The van der Waals surface area contributed by atoms with E-state index in [2.05, 4.69) is 22.3 Å². The standard InChI is InChI=1S/C25H25Cl2N3O3/c26-20-2-1-3-21(27)19(20)14-29-10-8-15(9-11-29)16-4-5-18-17(12-16)13-30(25(18)33)22-6-7-23(31)28-24(22)32/h1-5,12,15,22H,6-11,13-14H2,(H,28,31,32). The summed E-state index contributed by atoms with van der Waals surface area (Å²) in [5, 5.41) is 3.76. The lowest BCUT2D eigenvalue weighted by Gasteiger charge is -2.32. The number of fused-ring (bicyclic) bond motifs is 1. The average molecular weight is 486 g/mol. The molecule has 0 radical (unpaired) electrons. The van der Waals surface area contributed by atoms with Crippen molar-refractivity contribution < 1.29 is 14.4 Å². The molecule has 2 aromatic rings. The van der Waals surface area contributed by atoms with Crippen LogP contribution in [0.3, 0.4) is 0 Å². The monoisotopic (exact) mass is 485 g/mol. The highest BCUT2D eigenvalue weighted by molar-refractivity contribution is 6.35. The molecule has 33 heavy (non-hydrogen) atoms. The molecule has 3 aliphatic rings. The van der Waals surface area contributed by atoms with Gasteiger partial charge in [0.1, 0.15) is 6.04 Å². The van der Waals surface area contributed by atoms with Gasteiger partial charge in [0, 0.05) is 40.7 Å². The second-order valence-electron chi connectivity index (χ2n) is 9.07. The van der Waals surface area contributed by atoms with Gasteiger partial charge in [-0.1, -0.05) is 41.4 Å². The van der Waals surface area contributed by atoms with Crippen LogP contribution < -0.4 is 5.32 Å². The van der Waals surface area contributed by atoms with E-state index in [1.54, 1.807) is 4.90 Å². The molecule has 0 aliphatic carbocycles. The third kappa shape index (κ3) is 4.39. The fourth-order valence-electron chi connectivity index (χ4n) is 5.18. The number of halogens is 2. The summed E-state index contributed by atoms with van der Waals surface area (Å²) in [6.07, 6.45) is 2.68. The van der Waals surface area contributed by atoms with Gasteiger partial charge in [0.05, 0.1) is 0 Å². The number of imide groups is 1. The van der Waals surface area contributed by atoms with Gasteiger partial charge in [-0.3, -0.25) is 24.6 Å². The molecule has 2 aromatic carbocycles. The van der Waals surface area contributed by atoms with E-state index in [4.69, 9.17) is 23.2 Å². The Bertz CT molecular complexity index is 1110. The van der Waals surface area contributed by atoms with Crippen molar-refractivity contribution in [2.75, 3.05) is 13.1 Å². The first-order valence-electron chi connectivity index (χ1n) is 11.3. The number of hydrogen-bond acceptors (Lipinski definition) is 4. The first-order valence-corrected chi connectivity index (χ1v) is 12.1. The number of hydrogen-bond donors (Lipinski definition) is 1. The smallest absolute Gasteiger partial charge is 0.255 e. The molecule has 3 amide bonds. The van der Waals surface area contributed by atoms with E-state index in [0.717, 1.165) is 43.6 Å². The number of carbonyl (C=O) groups is 3. The Morgan fingerprint density at radius 2 is 1.70 bits per heavy atom. The molecule has 3 aliphatic heterocycles. The highest BCUT2D eigenvalue weighted by Crippen LogP contribution is 2.34. The summed E-state index contributed by atoms with van der Waals surface area (Å²) < 4.78 is 0. The van der Waals surface area contributed by atoms with E-state index >= 15 is 0 Å². The van der Waals surface area contributed by atoms with Crippen LogP contribution in [0.2, 0.25) is 10.0 Å². The number of nitrogens with one attached hydrogen (secondary N) is 1. The molecule has 0 saturated carbocycles. The lowest BCUT2D eigenvalue weighted by Crippen LogP contribution is -2.52. The molecule has 1 N–H and O–H groups in total. The van der Waals surface area contributed by atoms with E-state index in [0.29, 0.717) is 34.5 Å². The quantitative estimate of drug-likeness (QED) is 0.660. The molecule has 5 rings (SSSR count). The second kappa shape index (κ2) is 9.09. The molecule has 6 nitrogen and oxygen atoms in total. The van der Waals surface area contributed by atoms with Crippen molar-refractivity contribution >= 4 is 40.9 Å². The lowest BCUT2D eigenvalue weighted by molar-refractivity contribution is -0.136. The van der Waals surface area contributed by atoms with E-state index in [1.807, 2.05) is 24.3 Å². The van der Waals surface area contributed by atoms with Crippen LogP contribution in [0.1, 0.15) is 58.6 Å². The summed E-state index contributed by atoms with van der Waals surface area (Å²) in [7, 11) is 0. The lowest BCUT2D eigenvalue weighted by atomic mass is 9.87. The Morgan fingerprint density at radius 3 is 2.39 bits per heavy atom.